The van der Waals surface area contributed by atoms with Crippen LogP contribution < -0.4 is 10.6 Å². The SMILES string of the molecule is CN(C[C@H](O)CNC(C)(C)CCCc1ccccc1)S(=O)(=O)c1cc(NCC(=O)O)cc(C(F)(F)F)c1. The number of carboxylic acid groups (broad SMARTS) is 1. The molecule has 2 aromatic rings. The fraction of sp³-hybridized carbons (Fsp3) is 0.480. The Bertz CT molecular complexity index is 1140. The number of carbonyl (C=O) groups is 1. The van der Waals surface area contributed by atoms with Crippen LogP contribution in [0, 0.1) is 0 Å². The van der Waals surface area contributed by atoms with Crippen LogP contribution in [-0.2, 0) is 27.4 Å². The number of alkyl halides is 3. The van der Waals surface area contributed by atoms with Gasteiger partial charge in [0, 0.05) is 31.4 Å². The van der Waals surface area contributed by atoms with Crippen LogP contribution in [-0.4, -0.2) is 67.2 Å². The number of hydrogen-bond donors (Lipinski definition) is 4. The molecule has 1 atom stereocenters. The molecule has 0 aliphatic rings. The van der Waals surface area contributed by atoms with E-state index in [0.29, 0.717) is 12.1 Å². The van der Waals surface area contributed by atoms with Gasteiger partial charge in [-0.3, -0.25) is 4.79 Å². The Morgan fingerprint density at radius 2 is 1.76 bits per heavy atom. The number of aliphatic carboxylic acids is 1. The second-order valence-electron chi connectivity index (χ2n) is 9.53. The number of aliphatic hydroxyl groups excluding tert-OH is 1. The first-order chi connectivity index (χ1) is 17.1. The summed E-state index contributed by atoms with van der Waals surface area (Å²) in [5.74, 6) is -1.32. The molecule has 0 spiro atoms. The van der Waals surface area contributed by atoms with E-state index in [9.17, 15) is 31.5 Å². The number of benzene rings is 2. The average molecular weight is 546 g/mol. The van der Waals surface area contributed by atoms with Gasteiger partial charge in [0.05, 0.1) is 16.6 Å². The van der Waals surface area contributed by atoms with E-state index in [-0.39, 0.29) is 24.3 Å². The average Bonchev–Trinajstić information content (AvgIpc) is 2.81. The minimum Gasteiger partial charge on any atom is -0.480 e. The van der Waals surface area contributed by atoms with Gasteiger partial charge < -0.3 is 20.8 Å². The lowest BCUT2D eigenvalue weighted by molar-refractivity contribution is -0.137. The number of β-amino-alcohol motifs (C(OH)–C–C–N with tert-alkyl or cyclic N) is 1. The highest BCUT2D eigenvalue weighted by atomic mass is 32.2. The van der Waals surface area contributed by atoms with Crippen LogP contribution in [0.3, 0.4) is 0 Å². The maximum absolute atomic E-state index is 13.3. The first-order valence-corrected chi connectivity index (χ1v) is 13.2. The van der Waals surface area contributed by atoms with Crippen molar-refractivity contribution in [3.05, 3.63) is 59.7 Å². The van der Waals surface area contributed by atoms with Crippen molar-refractivity contribution >= 4 is 21.7 Å². The Kier molecular flexibility index (Phi) is 10.5. The number of rotatable bonds is 14. The van der Waals surface area contributed by atoms with Crippen molar-refractivity contribution in [2.45, 2.75) is 55.8 Å². The second kappa shape index (κ2) is 12.7. The Hall–Kier alpha value is -2.67. The van der Waals surface area contributed by atoms with Gasteiger partial charge in [-0.15, -0.1) is 0 Å². The van der Waals surface area contributed by atoms with Gasteiger partial charge >= 0.3 is 12.1 Å². The molecule has 0 amide bonds. The van der Waals surface area contributed by atoms with Gasteiger partial charge in [-0.1, -0.05) is 30.3 Å². The van der Waals surface area contributed by atoms with E-state index in [2.05, 4.69) is 22.8 Å². The first kappa shape index (κ1) is 30.6. The summed E-state index contributed by atoms with van der Waals surface area (Å²) in [5, 5.41) is 24.7. The molecule has 0 unspecified atom stereocenters. The third-order valence-electron chi connectivity index (χ3n) is 5.78. The molecule has 0 saturated heterocycles. The number of likely N-dealkylation sites (N-methyl/N-ethyl adjacent to an activating group) is 1. The van der Waals surface area contributed by atoms with E-state index in [1.54, 1.807) is 0 Å². The Morgan fingerprint density at radius 3 is 2.35 bits per heavy atom. The van der Waals surface area contributed by atoms with E-state index in [0.717, 1.165) is 36.7 Å². The summed E-state index contributed by atoms with van der Waals surface area (Å²) in [6, 6.07) is 12.1. The highest BCUT2D eigenvalue weighted by Gasteiger charge is 2.34. The minimum absolute atomic E-state index is 0.0756. The van der Waals surface area contributed by atoms with Gasteiger partial charge in [0.25, 0.3) is 0 Å². The number of nitrogens with one attached hydrogen (secondary N) is 2. The smallest absolute Gasteiger partial charge is 0.416 e. The van der Waals surface area contributed by atoms with Gasteiger partial charge in [0.15, 0.2) is 0 Å². The van der Waals surface area contributed by atoms with Crippen LogP contribution >= 0.6 is 0 Å². The Balaban J connectivity index is 2.01. The van der Waals surface area contributed by atoms with Gasteiger partial charge in [0.1, 0.15) is 6.54 Å². The highest BCUT2D eigenvalue weighted by molar-refractivity contribution is 7.89. The zero-order valence-electron chi connectivity index (χ0n) is 21.0. The van der Waals surface area contributed by atoms with E-state index < -0.39 is 45.3 Å². The van der Waals surface area contributed by atoms with Crippen molar-refractivity contribution in [3.8, 4) is 0 Å². The van der Waals surface area contributed by atoms with Crippen LogP contribution in [0.15, 0.2) is 53.4 Å². The second-order valence-corrected chi connectivity index (χ2v) is 11.6. The van der Waals surface area contributed by atoms with Crippen LogP contribution in [0.1, 0.15) is 37.8 Å². The number of hydrogen-bond acceptors (Lipinski definition) is 6. The molecular weight excluding hydrogens is 511 g/mol. The predicted octanol–water partition coefficient (Wildman–Crippen LogP) is 3.57. The van der Waals surface area contributed by atoms with Crippen LogP contribution in [0.25, 0.3) is 0 Å². The molecular formula is C25H34F3N3O5S. The van der Waals surface area contributed by atoms with Crippen molar-refractivity contribution in [2.75, 3.05) is 32.0 Å². The molecule has 2 rings (SSSR count). The molecule has 0 aliphatic heterocycles. The zero-order valence-corrected chi connectivity index (χ0v) is 21.9. The van der Waals surface area contributed by atoms with Crippen molar-refractivity contribution in [1.82, 2.24) is 9.62 Å². The highest BCUT2D eigenvalue weighted by Crippen LogP contribution is 2.33. The molecule has 0 aliphatic carbocycles. The summed E-state index contributed by atoms with van der Waals surface area (Å²) in [5.41, 5.74) is -0.655. The van der Waals surface area contributed by atoms with Crippen LogP contribution in [0.2, 0.25) is 0 Å². The van der Waals surface area contributed by atoms with E-state index in [1.165, 1.54) is 5.56 Å². The third kappa shape index (κ3) is 9.95. The molecule has 4 N–H and O–H groups in total. The van der Waals surface area contributed by atoms with Gasteiger partial charge in [-0.25, -0.2) is 8.42 Å². The molecule has 0 bridgehead atoms. The minimum atomic E-state index is -4.85. The Labute approximate surface area is 215 Å². The molecule has 12 heteroatoms. The number of sulfonamides is 1. The number of aryl methyl sites for hydroxylation is 1. The number of aliphatic hydroxyl groups is 1. The molecule has 0 radical (unpaired) electrons. The lowest BCUT2D eigenvalue weighted by Gasteiger charge is -2.29. The molecule has 0 fully saturated rings. The standard InChI is InChI=1S/C25H34F3N3O5S/c1-24(2,11-7-10-18-8-5-4-6-9-18)30-15-21(32)17-31(3)37(35,36)22-13-19(25(26,27)28)12-20(14-22)29-16-23(33)34/h4-6,8-9,12-14,21,29-30,32H,7,10-11,15-17H2,1-3H3,(H,33,34)/t21-/m1/s1. The van der Waals surface area contributed by atoms with Crippen molar-refractivity contribution in [2.24, 2.45) is 0 Å². The zero-order chi connectivity index (χ0) is 27.9. The normalized spacial score (nSPS) is 13.5. The van der Waals surface area contributed by atoms with Crippen molar-refractivity contribution in [3.63, 3.8) is 0 Å². The van der Waals surface area contributed by atoms with Crippen molar-refractivity contribution in [1.29, 1.82) is 0 Å². The van der Waals surface area contributed by atoms with Crippen LogP contribution in [0.5, 0.6) is 0 Å². The fourth-order valence-electron chi connectivity index (χ4n) is 3.69. The van der Waals surface area contributed by atoms with E-state index >= 15 is 0 Å². The third-order valence-corrected chi connectivity index (χ3v) is 7.58. The monoisotopic (exact) mass is 545 g/mol. The predicted molar refractivity (Wildman–Crippen MR) is 135 cm³/mol. The maximum Gasteiger partial charge on any atom is 0.416 e. The first-order valence-electron chi connectivity index (χ1n) is 11.7. The summed E-state index contributed by atoms with van der Waals surface area (Å²) < 4.78 is 66.8. The molecule has 37 heavy (non-hydrogen) atoms. The van der Waals surface area contributed by atoms with Gasteiger partial charge in [0.2, 0.25) is 10.0 Å². The number of nitrogens with zero attached hydrogens (tertiary/aromatic N) is 1. The fourth-order valence-corrected chi connectivity index (χ4v) is 4.97. The summed E-state index contributed by atoms with van der Waals surface area (Å²) in [7, 11) is -3.26. The summed E-state index contributed by atoms with van der Waals surface area (Å²) in [6.07, 6.45) is -3.36. The number of halogens is 3. The van der Waals surface area contributed by atoms with Crippen molar-refractivity contribution < 1.29 is 36.6 Å². The molecule has 2 aromatic carbocycles. The number of carboxylic acids is 1. The maximum atomic E-state index is 13.3. The molecule has 0 heterocycles. The van der Waals surface area contributed by atoms with Crippen LogP contribution in [0.4, 0.5) is 18.9 Å². The van der Waals surface area contributed by atoms with E-state index in [1.807, 2.05) is 32.0 Å². The molecule has 8 nitrogen and oxygen atoms in total. The summed E-state index contributed by atoms with van der Waals surface area (Å²) in [6.45, 7) is 2.97. The summed E-state index contributed by atoms with van der Waals surface area (Å²) >= 11 is 0. The lowest BCUT2D eigenvalue weighted by atomic mass is 9.95. The molecule has 0 saturated carbocycles. The quantitative estimate of drug-likeness (QED) is 0.287. The molecule has 206 valence electrons. The van der Waals surface area contributed by atoms with Gasteiger partial charge in [-0.05, 0) is 56.9 Å². The lowest BCUT2D eigenvalue weighted by Crippen LogP contribution is -2.46. The van der Waals surface area contributed by atoms with Gasteiger partial charge in [-0.2, -0.15) is 17.5 Å². The summed E-state index contributed by atoms with van der Waals surface area (Å²) in [4.78, 5) is 10.1. The topological polar surface area (TPSA) is 119 Å². The Morgan fingerprint density at radius 1 is 1.11 bits per heavy atom. The number of anilines is 1. The molecule has 0 aromatic heterocycles. The largest absolute Gasteiger partial charge is 0.480 e. The van der Waals surface area contributed by atoms with E-state index in [4.69, 9.17) is 5.11 Å².